The van der Waals surface area contributed by atoms with Crippen molar-refractivity contribution in [2.24, 2.45) is 4.99 Å². The smallest absolute Gasteiger partial charge is 0.193 e. The SMILES string of the molecule is CCNC(=NCC1(N(C)C)CCOCC1)N(C)CCc1ccc(OC)c(OC)c1.I. The fraction of sp³-hybridized carbons (Fsp3) is 0.682. The van der Waals surface area contributed by atoms with E-state index in [1.807, 2.05) is 12.1 Å². The molecule has 0 aliphatic carbocycles. The molecule has 1 N–H and O–H groups in total. The zero-order valence-corrected chi connectivity index (χ0v) is 21.7. The number of nitrogens with zero attached hydrogens (tertiary/aromatic N) is 3. The van der Waals surface area contributed by atoms with Crippen molar-refractivity contribution in [3.63, 3.8) is 0 Å². The molecule has 0 aromatic heterocycles. The number of halogens is 1. The van der Waals surface area contributed by atoms with Crippen LogP contribution in [0.25, 0.3) is 0 Å². The van der Waals surface area contributed by atoms with E-state index in [0.29, 0.717) is 0 Å². The van der Waals surface area contributed by atoms with Crippen molar-refractivity contribution in [2.45, 2.75) is 31.7 Å². The van der Waals surface area contributed by atoms with Gasteiger partial charge in [-0.2, -0.15) is 0 Å². The van der Waals surface area contributed by atoms with Crippen molar-refractivity contribution in [2.75, 3.05) is 68.2 Å². The molecule has 8 heteroatoms. The minimum absolute atomic E-state index is 0. The minimum Gasteiger partial charge on any atom is -0.493 e. The van der Waals surface area contributed by atoms with Gasteiger partial charge in [-0.3, -0.25) is 4.99 Å². The summed E-state index contributed by atoms with van der Waals surface area (Å²) in [5.41, 5.74) is 1.28. The summed E-state index contributed by atoms with van der Waals surface area (Å²) in [6.07, 6.45) is 2.92. The molecule has 30 heavy (non-hydrogen) atoms. The van der Waals surface area contributed by atoms with Crippen LogP contribution in [-0.2, 0) is 11.2 Å². The van der Waals surface area contributed by atoms with Gasteiger partial charge in [0.25, 0.3) is 0 Å². The van der Waals surface area contributed by atoms with Gasteiger partial charge >= 0.3 is 0 Å². The number of likely N-dealkylation sites (N-methyl/N-ethyl adjacent to an activating group) is 2. The highest BCUT2D eigenvalue weighted by Gasteiger charge is 2.34. The lowest BCUT2D eigenvalue weighted by Gasteiger charge is -2.42. The number of ether oxygens (including phenoxy) is 3. The number of benzene rings is 1. The Morgan fingerprint density at radius 1 is 1.13 bits per heavy atom. The van der Waals surface area contributed by atoms with Crippen molar-refractivity contribution in [3.8, 4) is 11.5 Å². The van der Waals surface area contributed by atoms with E-state index in [2.05, 4.69) is 49.2 Å². The first-order chi connectivity index (χ1) is 14.0. The van der Waals surface area contributed by atoms with Gasteiger partial charge in [-0.1, -0.05) is 6.07 Å². The van der Waals surface area contributed by atoms with Crippen LogP contribution in [-0.4, -0.2) is 89.5 Å². The van der Waals surface area contributed by atoms with Gasteiger partial charge in [0.15, 0.2) is 17.5 Å². The Morgan fingerprint density at radius 2 is 1.80 bits per heavy atom. The number of rotatable bonds is 9. The second kappa shape index (κ2) is 13.2. The van der Waals surface area contributed by atoms with Crippen molar-refractivity contribution in [3.05, 3.63) is 23.8 Å². The molecule has 1 heterocycles. The molecule has 1 fully saturated rings. The maximum atomic E-state index is 5.58. The molecule has 1 aliphatic heterocycles. The normalized spacial score (nSPS) is 16.0. The Morgan fingerprint density at radius 3 is 2.37 bits per heavy atom. The second-order valence-corrected chi connectivity index (χ2v) is 7.76. The molecule has 0 unspecified atom stereocenters. The third-order valence-corrected chi connectivity index (χ3v) is 5.78. The third-order valence-electron chi connectivity index (χ3n) is 5.78. The molecule has 0 amide bonds. The number of hydrogen-bond acceptors (Lipinski definition) is 5. The van der Waals surface area contributed by atoms with Crippen LogP contribution in [0.1, 0.15) is 25.3 Å². The van der Waals surface area contributed by atoms with E-state index < -0.39 is 0 Å². The fourth-order valence-electron chi connectivity index (χ4n) is 3.63. The molecule has 0 atom stereocenters. The number of nitrogens with one attached hydrogen (secondary N) is 1. The van der Waals surface area contributed by atoms with Crippen LogP contribution in [0.4, 0.5) is 0 Å². The lowest BCUT2D eigenvalue weighted by molar-refractivity contribution is -0.00262. The molecule has 0 bridgehead atoms. The van der Waals surface area contributed by atoms with Crippen LogP contribution in [0.2, 0.25) is 0 Å². The maximum Gasteiger partial charge on any atom is 0.193 e. The zero-order valence-electron chi connectivity index (χ0n) is 19.4. The van der Waals surface area contributed by atoms with Crippen molar-refractivity contribution < 1.29 is 14.2 Å². The van der Waals surface area contributed by atoms with Gasteiger partial charge in [-0.05, 0) is 58.0 Å². The molecule has 1 saturated heterocycles. The average molecular weight is 534 g/mol. The summed E-state index contributed by atoms with van der Waals surface area (Å²) in [7, 11) is 9.71. The first kappa shape index (κ1) is 26.8. The van der Waals surface area contributed by atoms with Crippen LogP contribution in [0, 0.1) is 0 Å². The molecule has 0 spiro atoms. The Kier molecular flexibility index (Phi) is 11.8. The quantitative estimate of drug-likeness (QED) is 0.299. The molecule has 1 aliphatic rings. The summed E-state index contributed by atoms with van der Waals surface area (Å²) in [4.78, 5) is 9.50. The molecule has 0 saturated carbocycles. The number of methoxy groups -OCH3 is 2. The summed E-state index contributed by atoms with van der Waals surface area (Å²) >= 11 is 0. The van der Waals surface area contributed by atoms with Gasteiger partial charge < -0.3 is 29.3 Å². The van der Waals surface area contributed by atoms with E-state index in [4.69, 9.17) is 19.2 Å². The molecular weight excluding hydrogens is 495 g/mol. The standard InChI is InChI=1S/C22H38N4O3.HI/c1-7-23-21(24-17-22(25(2)3)11-14-29-15-12-22)26(4)13-10-18-8-9-19(27-5)20(16-18)28-6;/h8-9,16H,7,10-15,17H2,1-6H3,(H,23,24);1H. The van der Waals surface area contributed by atoms with Crippen molar-refractivity contribution in [1.82, 2.24) is 15.1 Å². The van der Waals surface area contributed by atoms with Crippen molar-refractivity contribution in [1.29, 1.82) is 0 Å². The van der Waals surface area contributed by atoms with E-state index in [-0.39, 0.29) is 29.5 Å². The summed E-state index contributed by atoms with van der Waals surface area (Å²) < 4.78 is 16.3. The molecule has 7 nitrogen and oxygen atoms in total. The Bertz CT molecular complexity index is 664. The maximum absolute atomic E-state index is 5.58. The first-order valence-electron chi connectivity index (χ1n) is 10.4. The second-order valence-electron chi connectivity index (χ2n) is 7.76. The largest absolute Gasteiger partial charge is 0.493 e. The van der Waals surface area contributed by atoms with E-state index in [0.717, 1.165) is 69.6 Å². The highest BCUT2D eigenvalue weighted by Crippen LogP contribution is 2.28. The summed E-state index contributed by atoms with van der Waals surface area (Å²) in [5.74, 6) is 2.46. The van der Waals surface area contributed by atoms with E-state index in [9.17, 15) is 0 Å². The topological polar surface area (TPSA) is 58.6 Å². The van der Waals surface area contributed by atoms with Gasteiger partial charge in [0.05, 0.1) is 20.8 Å². The van der Waals surface area contributed by atoms with Gasteiger partial charge in [0.1, 0.15) is 0 Å². The van der Waals surface area contributed by atoms with Crippen LogP contribution in [0.3, 0.4) is 0 Å². The highest BCUT2D eigenvalue weighted by molar-refractivity contribution is 14.0. The first-order valence-corrected chi connectivity index (χ1v) is 10.4. The van der Waals surface area contributed by atoms with E-state index in [1.165, 1.54) is 5.56 Å². The van der Waals surface area contributed by atoms with Gasteiger partial charge in [-0.25, -0.2) is 0 Å². The molecule has 2 rings (SSSR count). The number of guanidine groups is 1. The summed E-state index contributed by atoms with van der Waals surface area (Å²) in [6.45, 7) is 6.19. The minimum atomic E-state index is 0. The van der Waals surface area contributed by atoms with E-state index >= 15 is 0 Å². The average Bonchev–Trinajstić information content (AvgIpc) is 2.75. The predicted octanol–water partition coefficient (Wildman–Crippen LogP) is 2.87. The fourth-order valence-corrected chi connectivity index (χ4v) is 3.63. The monoisotopic (exact) mass is 534 g/mol. The third kappa shape index (κ3) is 7.16. The molecule has 1 aromatic carbocycles. The van der Waals surface area contributed by atoms with Gasteiger partial charge in [-0.15, -0.1) is 24.0 Å². The molecule has 0 radical (unpaired) electrons. The Labute approximate surface area is 199 Å². The van der Waals surface area contributed by atoms with Crippen LogP contribution in [0.15, 0.2) is 23.2 Å². The van der Waals surface area contributed by atoms with Crippen LogP contribution < -0.4 is 14.8 Å². The summed E-state index contributed by atoms with van der Waals surface area (Å²) in [5, 5.41) is 3.44. The van der Waals surface area contributed by atoms with Crippen LogP contribution >= 0.6 is 24.0 Å². The van der Waals surface area contributed by atoms with Crippen molar-refractivity contribution >= 4 is 29.9 Å². The summed E-state index contributed by atoms with van der Waals surface area (Å²) in [6, 6.07) is 6.08. The highest BCUT2D eigenvalue weighted by atomic mass is 127. The molecular formula is C22H39IN4O3. The number of hydrogen-bond donors (Lipinski definition) is 1. The Hall–Kier alpha value is -1.26. The van der Waals surface area contributed by atoms with Gasteiger partial charge in [0.2, 0.25) is 0 Å². The lowest BCUT2D eigenvalue weighted by atomic mass is 9.89. The van der Waals surface area contributed by atoms with Crippen LogP contribution in [0.5, 0.6) is 11.5 Å². The molecule has 172 valence electrons. The lowest BCUT2D eigenvalue weighted by Crippen LogP contribution is -2.52. The van der Waals surface area contributed by atoms with Gasteiger partial charge in [0, 0.05) is 38.9 Å². The Balaban J connectivity index is 0.00000450. The predicted molar refractivity (Wildman–Crippen MR) is 134 cm³/mol. The zero-order chi connectivity index (χ0) is 21.3. The number of aliphatic imine (C=N–C) groups is 1. The van der Waals surface area contributed by atoms with E-state index in [1.54, 1.807) is 14.2 Å². The molecule has 1 aromatic rings.